The van der Waals surface area contributed by atoms with Gasteiger partial charge in [-0.15, -0.1) is 0 Å². The van der Waals surface area contributed by atoms with Crippen LogP contribution in [0, 0.1) is 0 Å². The number of pyridine rings is 1. The molecule has 180 valence electrons. The molecular formula is C28H31N5O2. The van der Waals surface area contributed by atoms with E-state index in [4.69, 9.17) is 4.74 Å². The monoisotopic (exact) mass is 469 g/mol. The Kier molecular flexibility index (Phi) is 6.26. The van der Waals surface area contributed by atoms with E-state index in [-0.39, 0.29) is 11.8 Å². The van der Waals surface area contributed by atoms with Crippen LogP contribution in [0.25, 0.3) is 33.4 Å². The van der Waals surface area contributed by atoms with Gasteiger partial charge in [-0.1, -0.05) is 36.4 Å². The molecule has 0 aliphatic carbocycles. The fourth-order valence-corrected chi connectivity index (χ4v) is 4.88. The number of nitrogens with one attached hydrogen (secondary N) is 1. The lowest BCUT2D eigenvalue weighted by molar-refractivity contribution is -0.131. The van der Waals surface area contributed by atoms with Gasteiger partial charge in [0.1, 0.15) is 5.75 Å². The van der Waals surface area contributed by atoms with E-state index in [1.165, 1.54) is 0 Å². The van der Waals surface area contributed by atoms with Crippen molar-refractivity contribution in [3.05, 3.63) is 66.4 Å². The highest BCUT2D eigenvalue weighted by atomic mass is 16.5. The molecule has 5 rings (SSSR count). The Morgan fingerprint density at radius 2 is 1.97 bits per heavy atom. The Morgan fingerprint density at radius 3 is 2.74 bits per heavy atom. The predicted molar refractivity (Wildman–Crippen MR) is 138 cm³/mol. The fraction of sp³-hybridized carbons (Fsp3) is 0.321. The topological polar surface area (TPSA) is 74.3 Å². The van der Waals surface area contributed by atoms with Gasteiger partial charge in [0.05, 0.1) is 18.7 Å². The number of ether oxygens (including phenoxy) is 1. The molecule has 1 aliphatic heterocycles. The summed E-state index contributed by atoms with van der Waals surface area (Å²) in [6.45, 7) is 3.61. The molecule has 1 saturated heterocycles. The maximum Gasteiger partial charge on any atom is 0.229 e. The van der Waals surface area contributed by atoms with Gasteiger partial charge in [-0.25, -0.2) is 4.98 Å². The molecule has 2 unspecified atom stereocenters. The molecule has 0 spiro atoms. The number of fused-ring (bicyclic) bond motifs is 1. The van der Waals surface area contributed by atoms with Crippen molar-refractivity contribution in [2.75, 3.05) is 34.3 Å². The second kappa shape index (κ2) is 9.50. The highest BCUT2D eigenvalue weighted by Crippen LogP contribution is 2.35. The Bertz CT molecular complexity index is 1360. The number of nitrogens with zero attached hydrogens (tertiary/aromatic N) is 4. The van der Waals surface area contributed by atoms with Crippen LogP contribution in [0.15, 0.2) is 60.8 Å². The van der Waals surface area contributed by atoms with E-state index < -0.39 is 0 Å². The third kappa shape index (κ3) is 4.39. The van der Waals surface area contributed by atoms with Crippen molar-refractivity contribution in [3.63, 3.8) is 0 Å². The molecule has 7 nitrogen and oxygen atoms in total. The first kappa shape index (κ1) is 23.1. The lowest BCUT2D eigenvalue weighted by atomic mass is 9.95. The molecule has 2 aromatic heterocycles. The van der Waals surface area contributed by atoms with E-state index in [1.807, 2.05) is 54.4 Å². The number of hydrogen-bond acceptors (Lipinski definition) is 5. The molecule has 7 heteroatoms. The first-order valence-corrected chi connectivity index (χ1v) is 12.0. The molecule has 0 radical (unpaired) electrons. The van der Waals surface area contributed by atoms with Crippen molar-refractivity contribution in [3.8, 4) is 28.1 Å². The molecule has 1 N–H and O–H groups in total. The molecule has 1 fully saturated rings. The van der Waals surface area contributed by atoms with Crippen LogP contribution in [0.1, 0.15) is 24.8 Å². The zero-order valence-corrected chi connectivity index (χ0v) is 20.7. The molecule has 35 heavy (non-hydrogen) atoms. The van der Waals surface area contributed by atoms with Crippen LogP contribution in [0.4, 0.5) is 0 Å². The predicted octanol–water partition coefficient (Wildman–Crippen LogP) is 4.57. The highest BCUT2D eigenvalue weighted by molar-refractivity contribution is 5.95. The Labute approximate surface area is 205 Å². The zero-order valence-electron chi connectivity index (χ0n) is 20.7. The standard InChI is InChI=1S/C28H31N5O2/c1-18(28(34)33-13-12-22(17-33)32(2)3)19-8-7-9-20(14-19)21-15-24-26(30-31-27(24)29-16-21)23-10-5-6-11-25(23)35-4/h5-11,14-16,18,22H,12-13,17H2,1-4H3,(H,29,30,31). The number of aromatic nitrogens is 3. The summed E-state index contributed by atoms with van der Waals surface area (Å²) >= 11 is 0. The van der Waals surface area contributed by atoms with Crippen molar-refractivity contribution in [2.45, 2.75) is 25.3 Å². The van der Waals surface area contributed by atoms with Crippen LogP contribution in [-0.2, 0) is 4.79 Å². The minimum Gasteiger partial charge on any atom is -0.496 e. The molecule has 4 aromatic rings. The third-order valence-corrected chi connectivity index (χ3v) is 7.08. The first-order valence-electron chi connectivity index (χ1n) is 12.0. The van der Waals surface area contributed by atoms with Crippen molar-refractivity contribution in [1.82, 2.24) is 25.0 Å². The number of carbonyl (C=O) groups excluding carboxylic acids is 1. The minimum absolute atomic E-state index is 0.188. The van der Waals surface area contributed by atoms with Crippen LogP contribution < -0.4 is 4.74 Å². The van der Waals surface area contributed by atoms with E-state index in [2.05, 4.69) is 52.4 Å². The maximum absolute atomic E-state index is 13.2. The lowest BCUT2D eigenvalue weighted by Crippen LogP contribution is -2.36. The molecule has 1 amide bonds. The summed E-state index contributed by atoms with van der Waals surface area (Å²) in [6, 6.07) is 18.6. The third-order valence-electron chi connectivity index (χ3n) is 7.08. The number of methoxy groups -OCH3 is 1. The summed E-state index contributed by atoms with van der Waals surface area (Å²) in [4.78, 5) is 22.0. The molecule has 3 heterocycles. The van der Waals surface area contributed by atoms with E-state index >= 15 is 0 Å². The molecule has 2 atom stereocenters. The fourth-order valence-electron chi connectivity index (χ4n) is 4.88. The van der Waals surface area contributed by atoms with E-state index in [9.17, 15) is 4.79 Å². The lowest BCUT2D eigenvalue weighted by Gasteiger charge is -2.23. The number of H-pyrrole nitrogens is 1. The van der Waals surface area contributed by atoms with Crippen LogP contribution in [-0.4, -0.2) is 71.2 Å². The van der Waals surface area contributed by atoms with Crippen LogP contribution in [0.2, 0.25) is 0 Å². The number of para-hydroxylation sites is 1. The summed E-state index contributed by atoms with van der Waals surface area (Å²) < 4.78 is 5.55. The quantitative estimate of drug-likeness (QED) is 0.448. The number of likely N-dealkylation sites (tertiary alicyclic amines) is 1. The first-order chi connectivity index (χ1) is 17.0. The molecule has 1 aliphatic rings. The van der Waals surface area contributed by atoms with E-state index in [1.54, 1.807) is 7.11 Å². The van der Waals surface area contributed by atoms with Gasteiger partial charge in [-0.3, -0.25) is 9.89 Å². The van der Waals surface area contributed by atoms with Gasteiger partial charge in [0.2, 0.25) is 5.91 Å². The van der Waals surface area contributed by atoms with Gasteiger partial charge in [-0.05, 0) is 56.8 Å². The van der Waals surface area contributed by atoms with Gasteiger partial charge in [0, 0.05) is 41.8 Å². The number of benzene rings is 2. The number of likely N-dealkylation sites (N-methyl/N-ethyl adjacent to an activating group) is 1. The number of amides is 1. The summed E-state index contributed by atoms with van der Waals surface area (Å²) in [6.07, 6.45) is 2.86. The smallest absolute Gasteiger partial charge is 0.229 e. The Balaban J connectivity index is 1.45. The Hall–Kier alpha value is -3.71. The summed E-state index contributed by atoms with van der Waals surface area (Å²) in [5.41, 5.74) is 5.47. The summed E-state index contributed by atoms with van der Waals surface area (Å²) in [5.74, 6) is 0.759. The summed E-state index contributed by atoms with van der Waals surface area (Å²) in [7, 11) is 5.82. The van der Waals surface area contributed by atoms with Gasteiger partial charge in [0.15, 0.2) is 5.65 Å². The number of carbonyl (C=O) groups is 1. The number of hydrogen-bond donors (Lipinski definition) is 1. The van der Waals surface area contributed by atoms with E-state index in [0.717, 1.165) is 58.6 Å². The van der Waals surface area contributed by atoms with Gasteiger partial charge in [0.25, 0.3) is 0 Å². The average Bonchev–Trinajstić information content (AvgIpc) is 3.55. The molecule has 0 bridgehead atoms. The molecule has 2 aromatic carbocycles. The largest absolute Gasteiger partial charge is 0.496 e. The van der Waals surface area contributed by atoms with Crippen LogP contribution in [0.3, 0.4) is 0 Å². The van der Waals surface area contributed by atoms with Gasteiger partial charge in [-0.2, -0.15) is 5.10 Å². The maximum atomic E-state index is 13.2. The average molecular weight is 470 g/mol. The van der Waals surface area contributed by atoms with Crippen molar-refractivity contribution in [2.24, 2.45) is 0 Å². The minimum atomic E-state index is -0.203. The number of rotatable bonds is 6. The highest BCUT2D eigenvalue weighted by Gasteiger charge is 2.30. The SMILES string of the molecule is COc1ccccc1-c1[nH]nc2ncc(-c3cccc(C(C)C(=O)N4CCC(N(C)C)C4)c3)cc12. The normalized spacial score (nSPS) is 16.7. The van der Waals surface area contributed by atoms with Gasteiger partial charge < -0.3 is 14.5 Å². The second-order valence-electron chi connectivity index (χ2n) is 9.43. The van der Waals surface area contributed by atoms with Gasteiger partial charge >= 0.3 is 0 Å². The second-order valence-corrected chi connectivity index (χ2v) is 9.43. The summed E-state index contributed by atoms with van der Waals surface area (Å²) in [5, 5.41) is 8.44. The zero-order chi connectivity index (χ0) is 24.5. The molecular weight excluding hydrogens is 438 g/mol. The van der Waals surface area contributed by atoms with E-state index in [0.29, 0.717) is 11.7 Å². The number of aromatic amines is 1. The molecule has 0 saturated carbocycles. The Morgan fingerprint density at radius 1 is 1.14 bits per heavy atom. The van der Waals surface area contributed by atoms with Crippen molar-refractivity contribution >= 4 is 16.9 Å². The van der Waals surface area contributed by atoms with Crippen LogP contribution in [0.5, 0.6) is 5.75 Å². The van der Waals surface area contributed by atoms with Crippen molar-refractivity contribution in [1.29, 1.82) is 0 Å². The van der Waals surface area contributed by atoms with Crippen LogP contribution >= 0.6 is 0 Å². The van der Waals surface area contributed by atoms with Crippen molar-refractivity contribution < 1.29 is 9.53 Å².